The number of carbonyl (C=O) groups excluding carboxylic acids is 1. The van der Waals surface area contributed by atoms with Gasteiger partial charge in [-0.15, -0.1) is 0 Å². The van der Waals surface area contributed by atoms with Gasteiger partial charge in [0.25, 0.3) is 5.56 Å². The first kappa shape index (κ1) is 32.2. The number of Topliss-reactive ketones (excluding diaryl/α,β-unsaturated/α-hetero) is 1. The summed E-state index contributed by atoms with van der Waals surface area (Å²) in [5, 5.41) is 0.592. The fraction of sp³-hybridized carbons (Fsp3) is 0.270. The van der Waals surface area contributed by atoms with Crippen LogP contribution in [-0.4, -0.2) is 73.4 Å². The second-order valence-corrected chi connectivity index (χ2v) is 11.7. The molecule has 2 aliphatic heterocycles. The van der Waals surface area contributed by atoms with Gasteiger partial charge in [-0.05, 0) is 54.1 Å². The molecule has 4 heterocycles. The molecule has 2 aliphatic rings. The molecule has 0 bridgehead atoms. The van der Waals surface area contributed by atoms with Crippen molar-refractivity contribution in [3.8, 4) is 34.4 Å². The number of morpholine rings is 1. The van der Waals surface area contributed by atoms with Gasteiger partial charge in [0.05, 0.1) is 32.4 Å². The van der Waals surface area contributed by atoms with Gasteiger partial charge in [-0.2, -0.15) is 0 Å². The molecule has 0 N–H and O–H groups in total. The van der Waals surface area contributed by atoms with Crippen LogP contribution in [0.2, 0.25) is 0 Å². The first-order valence-electron chi connectivity index (χ1n) is 15.9. The largest absolute Gasteiger partial charge is 0.493 e. The highest BCUT2D eigenvalue weighted by Crippen LogP contribution is 2.38. The van der Waals surface area contributed by atoms with Crippen molar-refractivity contribution in [2.24, 2.45) is 0 Å². The maximum Gasteiger partial charge on any atom is 0.269 e. The Balaban J connectivity index is 1.09. The Morgan fingerprint density at radius 3 is 2.53 bits per heavy atom. The Morgan fingerprint density at radius 2 is 1.76 bits per heavy atom. The number of carbonyl (C=O) groups is 1. The smallest absolute Gasteiger partial charge is 0.269 e. The van der Waals surface area contributed by atoms with E-state index in [2.05, 4.69) is 9.88 Å². The number of hydrogen-bond donors (Lipinski definition) is 0. The molecule has 252 valence electrons. The van der Waals surface area contributed by atoms with Crippen LogP contribution in [0.3, 0.4) is 0 Å². The van der Waals surface area contributed by atoms with E-state index < -0.39 is 23.0 Å². The van der Waals surface area contributed by atoms with Crippen molar-refractivity contribution in [1.29, 1.82) is 0 Å². The predicted molar refractivity (Wildman–Crippen MR) is 177 cm³/mol. The topological polar surface area (TPSA) is 101 Å². The molecule has 0 radical (unpaired) electrons. The van der Waals surface area contributed by atoms with E-state index in [1.165, 1.54) is 41.0 Å². The van der Waals surface area contributed by atoms with E-state index in [4.69, 9.17) is 23.7 Å². The molecular weight excluding hydrogens is 636 g/mol. The zero-order chi connectivity index (χ0) is 33.9. The Hall–Kier alpha value is -5.33. The number of nitrogens with zero attached hydrogens (tertiary/aromatic N) is 3. The van der Waals surface area contributed by atoms with E-state index in [0.717, 1.165) is 19.6 Å². The van der Waals surface area contributed by atoms with Gasteiger partial charge < -0.3 is 23.7 Å². The highest BCUT2D eigenvalue weighted by atomic mass is 19.1. The molecule has 49 heavy (non-hydrogen) atoms. The summed E-state index contributed by atoms with van der Waals surface area (Å²) in [5.41, 5.74) is 1.31. The number of halogens is 2. The first-order valence-corrected chi connectivity index (χ1v) is 15.9. The van der Waals surface area contributed by atoms with Gasteiger partial charge in [-0.25, -0.2) is 8.78 Å². The normalized spacial score (nSPS) is 14.3. The number of hydrogen-bond acceptors (Lipinski definition) is 9. The second-order valence-electron chi connectivity index (χ2n) is 11.7. The van der Waals surface area contributed by atoms with Crippen LogP contribution in [0.15, 0.2) is 77.9 Å². The second kappa shape index (κ2) is 14.0. The molecule has 0 atom stereocenters. The quantitative estimate of drug-likeness (QED) is 0.168. The summed E-state index contributed by atoms with van der Waals surface area (Å²) >= 11 is 0. The van der Waals surface area contributed by atoms with E-state index in [-0.39, 0.29) is 23.5 Å². The number of aromatic nitrogens is 2. The molecule has 7 rings (SSSR count). The third kappa shape index (κ3) is 6.83. The van der Waals surface area contributed by atoms with Crippen LogP contribution in [0.4, 0.5) is 8.78 Å². The van der Waals surface area contributed by atoms with E-state index in [0.29, 0.717) is 77.8 Å². The summed E-state index contributed by atoms with van der Waals surface area (Å²) in [6.07, 6.45) is 3.43. The van der Waals surface area contributed by atoms with Crippen molar-refractivity contribution in [3.05, 3.63) is 112 Å². The van der Waals surface area contributed by atoms with Crippen LogP contribution in [-0.2, 0) is 17.6 Å². The summed E-state index contributed by atoms with van der Waals surface area (Å²) < 4.78 is 59.0. The molecule has 0 amide bonds. The third-order valence-corrected chi connectivity index (χ3v) is 8.57. The molecular formula is C37H33F2N3O7. The lowest BCUT2D eigenvalue weighted by atomic mass is 10.0. The number of rotatable bonds is 11. The number of fused-ring (bicyclic) bond motifs is 2. The molecule has 1 fully saturated rings. The van der Waals surface area contributed by atoms with E-state index in [1.54, 1.807) is 43.8 Å². The van der Waals surface area contributed by atoms with Crippen molar-refractivity contribution in [2.45, 2.75) is 12.8 Å². The van der Waals surface area contributed by atoms with Crippen LogP contribution in [0, 0.1) is 11.6 Å². The lowest BCUT2D eigenvalue weighted by Gasteiger charge is -2.26. The number of ketones is 1. The average Bonchev–Trinajstić information content (AvgIpc) is 3.58. The van der Waals surface area contributed by atoms with Crippen LogP contribution < -0.4 is 24.5 Å². The van der Waals surface area contributed by atoms with Crippen molar-refractivity contribution >= 4 is 16.7 Å². The Labute approximate surface area is 280 Å². The number of benzene rings is 3. The van der Waals surface area contributed by atoms with Crippen LogP contribution in [0.25, 0.3) is 16.6 Å². The van der Waals surface area contributed by atoms with Gasteiger partial charge in [0, 0.05) is 67.6 Å². The van der Waals surface area contributed by atoms with Gasteiger partial charge in [-0.3, -0.25) is 24.0 Å². The summed E-state index contributed by atoms with van der Waals surface area (Å²) in [4.78, 5) is 33.8. The molecule has 0 unspecified atom stereocenters. The van der Waals surface area contributed by atoms with Crippen molar-refractivity contribution in [3.63, 3.8) is 0 Å². The molecule has 2 aromatic heterocycles. The molecule has 12 heteroatoms. The van der Waals surface area contributed by atoms with Gasteiger partial charge in [0.1, 0.15) is 29.5 Å². The lowest BCUT2D eigenvalue weighted by molar-refractivity contribution is 0.0321. The summed E-state index contributed by atoms with van der Waals surface area (Å²) in [6, 6.07) is 14.8. The van der Waals surface area contributed by atoms with Crippen molar-refractivity contribution in [1.82, 2.24) is 14.5 Å². The van der Waals surface area contributed by atoms with E-state index >= 15 is 4.39 Å². The van der Waals surface area contributed by atoms with Gasteiger partial charge in [-0.1, -0.05) is 6.07 Å². The SMILES string of the molecule is COc1cc2c(Oc3ccc(CC(=O)c4c5c(cn(-c6ccc(F)cc6)c4=O)CCO5)cc3F)ccnc2cc1OCCN1CCOCC1. The van der Waals surface area contributed by atoms with Crippen LogP contribution in [0.5, 0.6) is 28.7 Å². The van der Waals surface area contributed by atoms with Gasteiger partial charge in [0.2, 0.25) is 0 Å². The fourth-order valence-corrected chi connectivity index (χ4v) is 6.03. The number of methoxy groups -OCH3 is 1. The minimum Gasteiger partial charge on any atom is -0.493 e. The fourth-order valence-electron chi connectivity index (χ4n) is 6.03. The lowest BCUT2D eigenvalue weighted by Crippen LogP contribution is -2.38. The maximum atomic E-state index is 15.5. The van der Waals surface area contributed by atoms with Crippen molar-refractivity contribution in [2.75, 3.05) is 53.2 Å². The summed E-state index contributed by atoms with van der Waals surface area (Å²) in [7, 11) is 1.54. The molecule has 0 aliphatic carbocycles. The maximum absolute atomic E-state index is 15.5. The Kier molecular flexibility index (Phi) is 9.23. The minimum absolute atomic E-state index is 0.0592. The monoisotopic (exact) mass is 669 g/mol. The molecule has 0 spiro atoms. The van der Waals surface area contributed by atoms with Gasteiger partial charge in [0.15, 0.2) is 28.8 Å². The molecule has 10 nitrogen and oxygen atoms in total. The molecule has 1 saturated heterocycles. The minimum atomic E-state index is -0.691. The molecule has 0 saturated carbocycles. The zero-order valence-corrected chi connectivity index (χ0v) is 26.7. The average molecular weight is 670 g/mol. The number of pyridine rings is 2. The Bertz CT molecular complexity index is 2080. The van der Waals surface area contributed by atoms with Crippen molar-refractivity contribution < 1.29 is 37.3 Å². The molecule has 5 aromatic rings. The van der Waals surface area contributed by atoms with Crippen LogP contribution >= 0.6 is 0 Å². The number of ether oxygens (including phenoxy) is 5. The summed E-state index contributed by atoms with van der Waals surface area (Å²) in [6.45, 7) is 4.67. The van der Waals surface area contributed by atoms with E-state index in [9.17, 15) is 14.0 Å². The zero-order valence-electron chi connectivity index (χ0n) is 26.7. The van der Waals surface area contributed by atoms with Gasteiger partial charge >= 0.3 is 0 Å². The predicted octanol–water partition coefficient (Wildman–Crippen LogP) is 5.54. The first-order chi connectivity index (χ1) is 23.9. The molecule has 3 aromatic carbocycles. The van der Waals surface area contributed by atoms with Crippen LogP contribution in [0.1, 0.15) is 21.5 Å². The summed E-state index contributed by atoms with van der Waals surface area (Å²) in [5.74, 6) is -0.118. The third-order valence-electron chi connectivity index (χ3n) is 8.57. The highest BCUT2D eigenvalue weighted by molar-refractivity contribution is 6.00. The van der Waals surface area contributed by atoms with E-state index in [1.807, 2.05) is 0 Å². The standard InChI is InChI=1S/C37H33F2N3O7/c1-45-33-20-27-29(21-34(33)47-17-13-41-11-15-46-16-12-41)40-10-8-31(27)49-32-7-2-23(18-28(32)39)19-30(43)35-36-24(9-14-48-36)22-42(37(35)44)26-5-3-25(38)4-6-26/h2-8,10,18,20-22H,9,11-17,19H2,1H3. The highest BCUT2D eigenvalue weighted by Gasteiger charge is 2.27. The Morgan fingerprint density at radius 1 is 0.939 bits per heavy atom.